The topological polar surface area (TPSA) is 65.2 Å². The number of pyridine rings is 1. The first-order valence-corrected chi connectivity index (χ1v) is 5.76. The fourth-order valence-corrected chi connectivity index (χ4v) is 1.57. The third-order valence-electron chi connectivity index (χ3n) is 2.36. The van der Waals surface area contributed by atoms with E-state index in [0.717, 1.165) is 0 Å². The predicted molar refractivity (Wildman–Crippen MR) is 69.2 cm³/mol. The second-order valence-corrected chi connectivity index (χ2v) is 4.20. The summed E-state index contributed by atoms with van der Waals surface area (Å²) in [6.45, 7) is -0.124. The molecule has 4 nitrogen and oxygen atoms in total. The van der Waals surface area contributed by atoms with E-state index in [9.17, 15) is 9.18 Å². The van der Waals surface area contributed by atoms with E-state index < -0.39 is 11.8 Å². The molecule has 1 aromatic heterocycles. The number of nitrogens with two attached hydrogens (primary N) is 1. The molecule has 0 aliphatic rings. The fraction of sp³-hybridized carbons (Fsp3) is 0.0769. The Labute approximate surface area is 114 Å². The maximum Gasteiger partial charge on any atom is 0.357 e. The molecule has 2 aromatic rings. The van der Waals surface area contributed by atoms with Gasteiger partial charge in [-0.25, -0.2) is 14.2 Å². The lowest BCUT2D eigenvalue weighted by Crippen LogP contribution is -2.08. The minimum atomic E-state index is -0.625. The third kappa shape index (κ3) is 3.42. The lowest BCUT2D eigenvalue weighted by Gasteiger charge is -2.06. The van der Waals surface area contributed by atoms with Crippen LogP contribution in [0.3, 0.4) is 0 Å². The number of esters is 1. The van der Waals surface area contributed by atoms with Gasteiger partial charge < -0.3 is 10.5 Å². The van der Waals surface area contributed by atoms with Crippen LogP contribution in [-0.2, 0) is 11.3 Å². The Bertz CT molecular complexity index is 602. The number of carbonyl (C=O) groups is 1. The van der Waals surface area contributed by atoms with Crippen molar-refractivity contribution in [1.82, 2.24) is 4.98 Å². The Morgan fingerprint density at radius 3 is 2.84 bits per heavy atom. The number of carbonyl (C=O) groups excluding carboxylic acids is 1. The van der Waals surface area contributed by atoms with E-state index in [0.29, 0.717) is 16.3 Å². The van der Waals surface area contributed by atoms with Crippen molar-refractivity contribution in [2.24, 2.45) is 0 Å². The van der Waals surface area contributed by atoms with Gasteiger partial charge in [-0.05, 0) is 30.3 Å². The number of rotatable bonds is 3. The largest absolute Gasteiger partial charge is 0.456 e. The molecule has 0 atom stereocenters. The summed E-state index contributed by atoms with van der Waals surface area (Å²) in [6.07, 6.45) is 1.35. The van der Waals surface area contributed by atoms with Gasteiger partial charge in [0.1, 0.15) is 18.1 Å². The van der Waals surface area contributed by atoms with E-state index in [1.54, 1.807) is 6.07 Å². The summed E-state index contributed by atoms with van der Waals surface area (Å²) >= 11 is 5.86. The van der Waals surface area contributed by atoms with E-state index in [1.807, 2.05) is 0 Å². The molecule has 0 bridgehead atoms. The second-order valence-electron chi connectivity index (χ2n) is 3.79. The van der Waals surface area contributed by atoms with Crippen LogP contribution in [0.2, 0.25) is 5.02 Å². The van der Waals surface area contributed by atoms with Crippen LogP contribution < -0.4 is 5.73 Å². The molecule has 2 rings (SSSR count). The number of ether oxygens (including phenoxy) is 1. The SMILES string of the molecule is Nc1ccc(C(=O)OCc2cc(F)ccc2Cl)nc1. The molecule has 1 heterocycles. The van der Waals surface area contributed by atoms with Gasteiger partial charge in [-0.1, -0.05) is 11.6 Å². The van der Waals surface area contributed by atoms with Gasteiger partial charge in [-0.3, -0.25) is 0 Å². The average Bonchev–Trinajstić information content (AvgIpc) is 2.40. The Balaban J connectivity index is 2.04. The molecule has 0 aliphatic heterocycles. The molecule has 0 saturated carbocycles. The predicted octanol–water partition coefficient (Wildman–Crippen LogP) is 2.81. The number of nitrogen functional groups attached to an aromatic ring is 1. The lowest BCUT2D eigenvalue weighted by atomic mass is 10.2. The number of hydrogen-bond donors (Lipinski definition) is 1. The molecule has 19 heavy (non-hydrogen) atoms. The molecule has 0 radical (unpaired) electrons. The van der Waals surface area contributed by atoms with Gasteiger partial charge in [0.05, 0.1) is 11.9 Å². The Morgan fingerprint density at radius 1 is 1.37 bits per heavy atom. The smallest absolute Gasteiger partial charge is 0.357 e. The van der Waals surface area contributed by atoms with Crippen LogP contribution in [0.5, 0.6) is 0 Å². The van der Waals surface area contributed by atoms with Crippen molar-refractivity contribution >= 4 is 23.3 Å². The number of anilines is 1. The highest BCUT2D eigenvalue weighted by Gasteiger charge is 2.10. The zero-order valence-corrected chi connectivity index (χ0v) is 10.5. The molecular weight excluding hydrogens is 271 g/mol. The quantitative estimate of drug-likeness (QED) is 0.878. The number of hydrogen-bond acceptors (Lipinski definition) is 4. The van der Waals surface area contributed by atoms with Gasteiger partial charge in [-0.2, -0.15) is 0 Å². The van der Waals surface area contributed by atoms with E-state index in [-0.39, 0.29) is 12.3 Å². The number of nitrogens with zero attached hydrogens (tertiary/aromatic N) is 1. The van der Waals surface area contributed by atoms with Crippen LogP contribution in [0, 0.1) is 5.82 Å². The maximum absolute atomic E-state index is 13.0. The molecule has 2 N–H and O–H groups in total. The third-order valence-corrected chi connectivity index (χ3v) is 2.73. The summed E-state index contributed by atoms with van der Waals surface area (Å²) in [4.78, 5) is 15.5. The van der Waals surface area contributed by atoms with Gasteiger partial charge in [0.15, 0.2) is 0 Å². The molecule has 0 aliphatic carbocycles. The van der Waals surface area contributed by atoms with Crippen LogP contribution in [-0.4, -0.2) is 11.0 Å². The first-order chi connectivity index (χ1) is 9.06. The summed E-state index contributed by atoms with van der Waals surface area (Å²) in [5, 5.41) is 0.333. The Hall–Kier alpha value is -2.14. The average molecular weight is 281 g/mol. The number of aromatic nitrogens is 1. The van der Waals surface area contributed by atoms with Crippen molar-refractivity contribution in [2.75, 3.05) is 5.73 Å². The number of halogens is 2. The molecular formula is C13H10ClFN2O2. The van der Waals surface area contributed by atoms with Crippen molar-refractivity contribution in [3.8, 4) is 0 Å². The highest BCUT2D eigenvalue weighted by atomic mass is 35.5. The zero-order chi connectivity index (χ0) is 13.8. The Morgan fingerprint density at radius 2 is 2.16 bits per heavy atom. The summed E-state index contributed by atoms with van der Waals surface area (Å²) < 4.78 is 18.0. The lowest BCUT2D eigenvalue weighted by molar-refractivity contribution is 0.0465. The summed E-state index contributed by atoms with van der Waals surface area (Å²) in [5.74, 6) is -1.07. The van der Waals surface area contributed by atoms with Gasteiger partial charge >= 0.3 is 5.97 Å². The fourth-order valence-electron chi connectivity index (χ4n) is 1.40. The zero-order valence-electron chi connectivity index (χ0n) is 9.77. The van der Waals surface area contributed by atoms with E-state index >= 15 is 0 Å². The van der Waals surface area contributed by atoms with Gasteiger partial charge in [0.2, 0.25) is 0 Å². The van der Waals surface area contributed by atoms with Gasteiger partial charge in [0.25, 0.3) is 0 Å². The summed E-state index contributed by atoms with van der Waals surface area (Å²) in [7, 11) is 0. The maximum atomic E-state index is 13.0. The van der Waals surface area contributed by atoms with Crippen LogP contribution >= 0.6 is 11.6 Å². The number of benzene rings is 1. The van der Waals surface area contributed by atoms with Crippen LogP contribution in [0.1, 0.15) is 16.1 Å². The molecule has 0 amide bonds. The Kier molecular flexibility index (Phi) is 3.97. The van der Waals surface area contributed by atoms with Gasteiger partial charge in [-0.15, -0.1) is 0 Å². The first kappa shape index (κ1) is 13.3. The van der Waals surface area contributed by atoms with Crippen molar-refractivity contribution in [2.45, 2.75) is 6.61 Å². The summed E-state index contributed by atoms with van der Waals surface area (Å²) in [6, 6.07) is 6.84. The molecule has 1 aromatic carbocycles. The van der Waals surface area contributed by atoms with E-state index in [4.69, 9.17) is 22.1 Å². The highest BCUT2D eigenvalue weighted by Crippen LogP contribution is 2.18. The van der Waals surface area contributed by atoms with Crippen LogP contribution in [0.4, 0.5) is 10.1 Å². The van der Waals surface area contributed by atoms with E-state index in [2.05, 4.69) is 4.98 Å². The van der Waals surface area contributed by atoms with Gasteiger partial charge in [0, 0.05) is 10.6 Å². The monoisotopic (exact) mass is 280 g/mol. The first-order valence-electron chi connectivity index (χ1n) is 5.39. The van der Waals surface area contributed by atoms with Crippen LogP contribution in [0.25, 0.3) is 0 Å². The molecule has 0 saturated heterocycles. The molecule has 0 unspecified atom stereocenters. The van der Waals surface area contributed by atoms with Crippen molar-refractivity contribution in [1.29, 1.82) is 0 Å². The molecule has 6 heteroatoms. The standard InChI is InChI=1S/C13H10ClFN2O2/c14-11-3-1-9(15)5-8(11)7-19-13(18)12-4-2-10(16)6-17-12/h1-6H,7,16H2. The molecule has 98 valence electrons. The molecule has 0 spiro atoms. The van der Waals surface area contributed by atoms with Crippen LogP contribution in [0.15, 0.2) is 36.5 Å². The summed E-state index contributed by atoms with van der Waals surface area (Å²) in [5.41, 5.74) is 6.42. The molecule has 0 fully saturated rings. The normalized spacial score (nSPS) is 10.2. The van der Waals surface area contributed by atoms with Crippen molar-refractivity contribution in [3.05, 3.63) is 58.6 Å². The van der Waals surface area contributed by atoms with E-state index in [1.165, 1.54) is 30.5 Å². The second kappa shape index (κ2) is 5.67. The highest BCUT2D eigenvalue weighted by molar-refractivity contribution is 6.31. The minimum Gasteiger partial charge on any atom is -0.456 e. The van der Waals surface area contributed by atoms with Crippen molar-refractivity contribution < 1.29 is 13.9 Å². The van der Waals surface area contributed by atoms with Crippen molar-refractivity contribution in [3.63, 3.8) is 0 Å². The minimum absolute atomic E-state index is 0.124.